The van der Waals surface area contributed by atoms with E-state index in [4.69, 9.17) is 10.2 Å². The van der Waals surface area contributed by atoms with E-state index in [0.717, 1.165) is 17.5 Å². The number of nitrogens with zero attached hydrogens (tertiary/aromatic N) is 3. The maximum absolute atomic E-state index is 13.2. The first-order chi connectivity index (χ1) is 16.3. The summed E-state index contributed by atoms with van der Waals surface area (Å²) in [5.41, 5.74) is 8.26. The van der Waals surface area contributed by atoms with Crippen molar-refractivity contribution in [3.05, 3.63) is 62.3 Å². The number of amides is 1. The number of aromatic amines is 1. The zero-order chi connectivity index (χ0) is 24.8. The highest BCUT2D eigenvalue weighted by Crippen LogP contribution is 2.24. The van der Waals surface area contributed by atoms with Gasteiger partial charge in [-0.25, -0.2) is 9.78 Å². The number of nitrogens with one attached hydrogen (secondary N) is 1. The van der Waals surface area contributed by atoms with E-state index in [9.17, 15) is 14.4 Å². The molecule has 3 N–H and O–H groups in total. The van der Waals surface area contributed by atoms with Gasteiger partial charge in [0, 0.05) is 31.5 Å². The van der Waals surface area contributed by atoms with Gasteiger partial charge in [-0.15, -0.1) is 0 Å². The van der Waals surface area contributed by atoms with Gasteiger partial charge < -0.3 is 15.1 Å². The van der Waals surface area contributed by atoms with E-state index >= 15 is 0 Å². The average Bonchev–Trinajstić information content (AvgIpc) is 3.28. The highest BCUT2D eigenvalue weighted by Gasteiger charge is 2.24. The van der Waals surface area contributed by atoms with E-state index in [0.29, 0.717) is 37.6 Å². The SMILES string of the molecule is CCCCN(C(=O)CCc1ncc(-c2ccc(C)c(C)c2)o1)c1c(N)n(CCC)c(=O)[nH]c1=O. The number of carbonyl (C=O) groups excluding carboxylic acids is 1. The number of H-pyrrole nitrogens is 1. The second kappa shape index (κ2) is 11.0. The lowest BCUT2D eigenvalue weighted by Crippen LogP contribution is -2.41. The molecule has 9 heteroatoms. The minimum Gasteiger partial charge on any atom is -0.441 e. The third kappa shape index (κ3) is 5.47. The van der Waals surface area contributed by atoms with Crippen molar-refractivity contribution in [1.29, 1.82) is 0 Å². The Labute approximate surface area is 198 Å². The fourth-order valence-corrected chi connectivity index (χ4v) is 3.76. The highest BCUT2D eigenvalue weighted by atomic mass is 16.4. The summed E-state index contributed by atoms with van der Waals surface area (Å²) in [6, 6.07) is 6.05. The number of unbranched alkanes of at least 4 members (excludes halogenated alkanes) is 1. The highest BCUT2D eigenvalue weighted by molar-refractivity contribution is 5.95. The van der Waals surface area contributed by atoms with Gasteiger partial charge in [0.2, 0.25) is 5.91 Å². The monoisotopic (exact) mass is 467 g/mol. The summed E-state index contributed by atoms with van der Waals surface area (Å²) in [5, 5.41) is 0. The van der Waals surface area contributed by atoms with Crippen LogP contribution in [-0.2, 0) is 17.8 Å². The molecule has 0 aliphatic carbocycles. The summed E-state index contributed by atoms with van der Waals surface area (Å²) in [7, 11) is 0. The number of benzene rings is 1. The Morgan fingerprint density at radius 2 is 1.94 bits per heavy atom. The van der Waals surface area contributed by atoms with Crippen molar-refractivity contribution in [1.82, 2.24) is 14.5 Å². The van der Waals surface area contributed by atoms with Gasteiger partial charge in [0.25, 0.3) is 5.56 Å². The molecule has 182 valence electrons. The fraction of sp³-hybridized carbons (Fsp3) is 0.440. The van der Waals surface area contributed by atoms with Gasteiger partial charge in [-0.1, -0.05) is 32.4 Å². The first-order valence-electron chi connectivity index (χ1n) is 11.7. The number of nitrogens with two attached hydrogens (primary N) is 1. The van der Waals surface area contributed by atoms with Crippen molar-refractivity contribution in [3.63, 3.8) is 0 Å². The standard InChI is InChI=1S/C25H33N5O4/c1-5-7-13-29(22-23(26)30(12-6-2)25(33)28-24(22)32)21(31)11-10-20-27-15-19(34-20)18-9-8-16(3)17(4)14-18/h8-9,14-15H,5-7,10-13,26H2,1-4H3,(H,28,32,33). The number of carbonyl (C=O) groups is 1. The van der Waals surface area contributed by atoms with E-state index in [1.807, 2.05) is 45.9 Å². The van der Waals surface area contributed by atoms with Crippen LogP contribution < -0.4 is 21.9 Å². The Hall–Kier alpha value is -3.62. The molecular formula is C25H33N5O4. The molecule has 0 saturated carbocycles. The van der Waals surface area contributed by atoms with Crippen molar-refractivity contribution < 1.29 is 9.21 Å². The van der Waals surface area contributed by atoms with E-state index < -0.39 is 11.2 Å². The molecule has 1 amide bonds. The van der Waals surface area contributed by atoms with Crippen LogP contribution in [0.5, 0.6) is 0 Å². The Balaban J connectivity index is 1.82. The van der Waals surface area contributed by atoms with Crippen molar-refractivity contribution in [2.24, 2.45) is 0 Å². The molecule has 3 aromatic rings. The number of aromatic nitrogens is 3. The van der Waals surface area contributed by atoms with Crippen LogP contribution in [0.15, 0.2) is 38.4 Å². The predicted molar refractivity (Wildman–Crippen MR) is 133 cm³/mol. The topological polar surface area (TPSA) is 127 Å². The second-order valence-electron chi connectivity index (χ2n) is 8.46. The van der Waals surface area contributed by atoms with Gasteiger partial charge in [0.05, 0.1) is 6.20 Å². The molecule has 0 atom stereocenters. The first kappa shape index (κ1) is 25.0. The smallest absolute Gasteiger partial charge is 0.330 e. The molecule has 0 bridgehead atoms. The van der Waals surface area contributed by atoms with Crippen LogP contribution in [0.25, 0.3) is 11.3 Å². The van der Waals surface area contributed by atoms with Crippen molar-refractivity contribution in [3.8, 4) is 11.3 Å². The van der Waals surface area contributed by atoms with Gasteiger partial charge in [0.15, 0.2) is 17.3 Å². The summed E-state index contributed by atoms with van der Waals surface area (Å²) in [5.74, 6) is 0.807. The number of anilines is 2. The average molecular weight is 468 g/mol. The zero-order valence-electron chi connectivity index (χ0n) is 20.3. The lowest BCUT2D eigenvalue weighted by atomic mass is 10.1. The molecule has 0 unspecified atom stereocenters. The molecule has 0 aliphatic heterocycles. The van der Waals surface area contributed by atoms with E-state index in [1.165, 1.54) is 15.0 Å². The Kier molecular flexibility index (Phi) is 8.09. The Morgan fingerprint density at radius 3 is 2.62 bits per heavy atom. The largest absolute Gasteiger partial charge is 0.441 e. The first-order valence-corrected chi connectivity index (χ1v) is 11.7. The summed E-state index contributed by atoms with van der Waals surface area (Å²) in [6.45, 7) is 8.66. The van der Waals surface area contributed by atoms with Crippen molar-refractivity contribution >= 4 is 17.4 Å². The van der Waals surface area contributed by atoms with E-state index in [2.05, 4.69) is 9.97 Å². The maximum Gasteiger partial charge on any atom is 0.330 e. The number of aryl methyl sites for hydroxylation is 3. The Bertz CT molecular complexity index is 1270. The molecule has 0 spiro atoms. The molecule has 0 saturated heterocycles. The summed E-state index contributed by atoms with van der Waals surface area (Å²) >= 11 is 0. The molecule has 2 heterocycles. The fourth-order valence-electron chi connectivity index (χ4n) is 3.76. The number of nitrogen functional groups attached to an aromatic ring is 1. The molecule has 3 rings (SSSR count). The van der Waals surface area contributed by atoms with Crippen LogP contribution in [0.3, 0.4) is 0 Å². The summed E-state index contributed by atoms with van der Waals surface area (Å²) in [4.78, 5) is 46.0. The van der Waals surface area contributed by atoms with E-state index in [1.54, 1.807) is 6.20 Å². The van der Waals surface area contributed by atoms with Gasteiger partial charge in [-0.2, -0.15) is 0 Å². The lowest BCUT2D eigenvalue weighted by Gasteiger charge is -2.24. The number of rotatable bonds is 10. The molecule has 0 radical (unpaired) electrons. The van der Waals surface area contributed by atoms with Crippen molar-refractivity contribution in [2.45, 2.75) is 66.3 Å². The third-order valence-corrected chi connectivity index (χ3v) is 5.87. The summed E-state index contributed by atoms with van der Waals surface area (Å²) < 4.78 is 7.17. The molecular weight excluding hydrogens is 434 g/mol. The normalized spacial score (nSPS) is 11.1. The van der Waals surface area contributed by atoms with Crippen LogP contribution >= 0.6 is 0 Å². The lowest BCUT2D eigenvalue weighted by molar-refractivity contribution is -0.118. The second-order valence-corrected chi connectivity index (χ2v) is 8.46. The third-order valence-electron chi connectivity index (χ3n) is 5.87. The molecule has 34 heavy (non-hydrogen) atoms. The number of hydrogen-bond acceptors (Lipinski definition) is 6. The van der Waals surface area contributed by atoms with Crippen molar-refractivity contribution in [2.75, 3.05) is 17.2 Å². The van der Waals surface area contributed by atoms with Gasteiger partial charge >= 0.3 is 5.69 Å². The Morgan fingerprint density at radius 1 is 1.18 bits per heavy atom. The van der Waals surface area contributed by atoms with Gasteiger partial charge in [0.1, 0.15) is 5.82 Å². The maximum atomic E-state index is 13.2. The number of oxazole rings is 1. The molecule has 0 fully saturated rings. The van der Waals surface area contributed by atoms with Crippen LogP contribution in [0.2, 0.25) is 0 Å². The van der Waals surface area contributed by atoms with E-state index in [-0.39, 0.29) is 30.3 Å². The van der Waals surface area contributed by atoms with Gasteiger partial charge in [-0.05, 0) is 43.9 Å². The van der Waals surface area contributed by atoms with Crippen LogP contribution in [0, 0.1) is 13.8 Å². The van der Waals surface area contributed by atoms with Gasteiger partial charge in [-0.3, -0.25) is 19.1 Å². The van der Waals surface area contributed by atoms with Crippen LogP contribution in [-0.4, -0.2) is 27.0 Å². The zero-order valence-corrected chi connectivity index (χ0v) is 20.3. The minimum atomic E-state index is -0.660. The van der Waals surface area contributed by atoms with Crippen LogP contribution in [0.4, 0.5) is 11.5 Å². The minimum absolute atomic E-state index is 0.00760. The number of hydrogen-bond donors (Lipinski definition) is 2. The molecule has 2 aromatic heterocycles. The molecule has 0 aliphatic rings. The molecule has 9 nitrogen and oxygen atoms in total. The molecule has 1 aromatic carbocycles. The summed E-state index contributed by atoms with van der Waals surface area (Å²) in [6.07, 6.45) is 4.19. The predicted octanol–water partition coefficient (Wildman–Crippen LogP) is 3.57. The quantitative estimate of drug-likeness (QED) is 0.469. The van der Waals surface area contributed by atoms with Crippen LogP contribution in [0.1, 0.15) is 56.5 Å².